The zero-order valence-electron chi connectivity index (χ0n) is 11.7. The third-order valence-corrected chi connectivity index (χ3v) is 3.08. The van der Waals surface area contributed by atoms with Crippen LogP contribution in [0, 0.1) is 6.33 Å². The summed E-state index contributed by atoms with van der Waals surface area (Å²) in [4.78, 5) is 0. The topological polar surface area (TPSA) is 66.0 Å². The average molecular weight is 279 g/mol. The summed E-state index contributed by atoms with van der Waals surface area (Å²) in [6.07, 6.45) is 2.87. The lowest BCUT2D eigenvalue weighted by Gasteiger charge is -2.08. The van der Waals surface area contributed by atoms with Crippen LogP contribution in [0.4, 0.5) is 5.69 Å². The molecule has 2 aromatic carbocycles. The lowest BCUT2D eigenvalue weighted by Crippen LogP contribution is -1.97. The van der Waals surface area contributed by atoms with Crippen LogP contribution < -0.4 is 10.5 Å². The Morgan fingerprint density at radius 2 is 1.81 bits per heavy atom. The summed E-state index contributed by atoms with van der Waals surface area (Å²) in [5.74, 6) is 1.56. The first-order chi connectivity index (χ1) is 10.3. The fraction of sp³-hybridized carbons (Fsp3) is 0.125. The van der Waals surface area contributed by atoms with Gasteiger partial charge in [0.05, 0.1) is 6.61 Å². The van der Waals surface area contributed by atoms with Gasteiger partial charge in [0.2, 0.25) is 6.33 Å². The molecule has 1 aromatic heterocycles. The number of hydrogen-bond acceptors (Lipinski definition) is 4. The summed E-state index contributed by atoms with van der Waals surface area (Å²) >= 11 is 0. The van der Waals surface area contributed by atoms with E-state index in [-0.39, 0.29) is 0 Å². The molecule has 0 saturated carbocycles. The number of nitrogens with two attached hydrogens (primary N) is 1. The Labute approximate surface area is 123 Å². The van der Waals surface area contributed by atoms with Crippen LogP contribution in [-0.2, 0) is 0 Å². The Kier molecular flexibility index (Phi) is 3.55. The number of rotatable bonds is 4. The van der Waals surface area contributed by atoms with Gasteiger partial charge in [0.25, 0.3) is 0 Å². The Balaban J connectivity index is 1.96. The second-order valence-corrected chi connectivity index (χ2v) is 4.51. The van der Waals surface area contributed by atoms with Crippen molar-refractivity contribution in [2.24, 2.45) is 0 Å². The van der Waals surface area contributed by atoms with Gasteiger partial charge in [0.1, 0.15) is 5.75 Å². The van der Waals surface area contributed by atoms with Gasteiger partial charge in [-0.3, -0.25) is 4.57 Å². The van der Waals surface area contributed by atoms with E-state index >= 15 is 0 Å². The Morgan fingerprint density at radius 3 is 2.48 bits per heavy atom. The maximum atomic E-state index is 5.71. The van der Waals surface area contributed by atoms with Crippen LogP contribution in [0.25, 0.3) is 17.1 Å². The maximum absolute atomic E-state index is 5.71. The molecule has 0 bridgehead atoms. The number of anilines is 1. The molecule has 0 atom stereocenters. The fourth-order valence-electron chi connectivity index (χ4n) is 2.06. The standard InChI is InChI=1S/C16H15N4O/c1-2-21-15-9-7-14(8-10-15)20-11-18-19-16(20)12-3-5-13(17)6-4-12/h3-10H,2,17H2,1H3. The van der Waals surface area contributed by atoms with Crippen LogP contribution in [0.15, 0.2) is 48.5 Å². The zero-order valence-corrected chi connectivity index (χ0v) is 11.7. The molecule has 5 nitrogen and oxygen atoms in total. The van der Waals surface area contributed by atoms with Gasteiger partial charge in [-0.15, -0.1) is 10.2 Å². The van der Waals surface area contributed by atoms with Crippen LogP contribution in [0.1, 0.15) is 6.92 Å². The lowest BCUT2D eigenvalue weighted by molar-refractivity contribution is 0.340. The summed E-state index contributed by atoms with van der Waals surface area (Å²) < 4.78 is 7.25. The number of aromatic nitrogens is 3. The highest BCUT2D eigenvalue weighted by Gasteiger charge is 2.09. The molecule has 1 heterocycles. The molecule has 21 heavy (non-hydrogen) atoms. The second kappa shape index (κ2) is 5.66. The SMILES string of the molecule is CCOc1ccc(-n2[c]nnc2-c2ccc(N)cc2)cc1. The first kappa shape index (κ1) is 13.2. The number of hydrogen-bond donors (Lipinski definition) is 1. The third kappa shape index (κ3) is 2.72. The molecule has 0 aliphatic rings. The number of nitrogens with zero attached hydrogens (tertiary/aromatic N) is 3. The average Bonchev–Trinajstić information content (AvgIpc) is 2.99. The lowest BCUT2D eigenvalue weighted by atomic mass is 10.2. The van der Waals surface area contributed by atoms with Crippen molar-refractivity contribution in [1.29, 1.82) is 0 Å². The molecule has 0 aliphatic heterocycles. The molecule has 0 fully saturated rings. The van der Waals surface area contributed by atoms with E-state index in [0.29, 0.717) is 6.61 Å². The van der Waals surface area contributed by atoms with E-state index in [1.165, 1.54) is 0 Å². The molecular formula is C16H15N4O. The van der Waals surface area contributed by atoms with Gasteiger partial charge in [0.15, 0.2) is 5.82 Å². The summed E-state index contributed by atoms with van der Waals surface area (Å²) in [5, 5.41) is 8.02. The first-order valence-electron chi connectivity index (χ1n) is 6.70. The van der Waals surface area contributed by atoms with Gasteiger partial charge in [-0.2, -0.15) is 0 Å². The van der Waals surface area contributed by atoms with Crippen molar-refractivity contribution in [3.8, 4) is 22.8 Å². The summed E-state index contributed by atoms with van der Waals surface area (Å²) in [6, 6.07) is 15.2. The predicted octanol–water partition coefficient (Wildman–Crippen LogP) is 2.72. The molecule has 0 unspecified atom stereocenters. The Hall–Kier alpha value is -2.82. The molecule has 0 aliphatic carbocycles. The van der Waals surface area contributed by atoms with Crippen LogP contribution in [-0.4, -0.2) is 21.4 Å². The van der Waals surface area contributed by atoms with E-state index < -0.39 is 0 Å². The van der Waals surface area contributed by atoms with E-state index in [0.717, 1.165) is 28.5 Å². The molecule has 0 spiro atoms. The molecule has 5 heteroatoms. The normalized spacial score (nSPS) is 10.5. The highest BCUT2D eigenvalue weighted by molar-refractivity contribution is 5.61. The van der Waals surface area contributed by atoms with Crippen LogP contribution >= 0.6 is 0 Å². The minimum absolute atomic E-state index is 0.648. The number of benzene rings is 2. The highest BCUT2D eigenvalue weighted by atomic mass is 16.5. The van der Waals surface area contributed by atoms with Gasteiger partial charge in [0, 0.05) is 16.9 Å². The van der Waals surface area contributed by atoms with Gasteiger partial charge < -0.3 is 10.5 Å². The van der Waals surface area contributed by atoms with Gasteiger partial charge in [-0.25, -0.2) is 0 Å². The maximum Gasteiger partial charge on any atom is 0.207 e. The molecule has 1 radical (unpaired) electrons. The predicted molar refractivity (Wildman–Crippen MR) is 81.2 cm³/mol. The Morgan fingerprint density at radius 1 is 1.10 bits per heavy atom. The molecule has 3 aromatic rings. The molecule has 105 valence electrons. The minimum Gasteiger partial charge on any atom is -0.494 e. The third-order valence-electron chi connectivity index (χ3n) is 3.08. The molecule has 2 N–H and O–H groups in total. The molecule has 0 saturated heterocycles. The van der Waals surface area contributed by atoms with Crippen molar-refractivity contribution in [2.75, 3.05) is 12.3 Å². The monoisotopic (exact) mass is 279 g/mol. The van der Waals surface area contributed by atoms with E-state index in [2.05, 4.69) is 16.5 Å². The smallest absolute Gasteiger partial charge is 0.207 e. The molecule has 0 amide bonds. The van der Waals surface area contributed by atoms with Crippen molar-refractivity contribution in [3.05, 3.63) is 54.9 Å². The van der Waals surface area contributed by atoms with Crippen molar-refractivity contribution < 1.29 is 4.74 Å². The minimum atomic E-state index is 0.648. The second-order valence-electron chi connectivity index (χ2n) is 4.51. The number of nitrogen functional groups attached to an aromatic ring is 1. The van der Waals surface area contributed by atoms with E-state index in [9.17, 15) is 0 Å². The van der Waals surface area contributed by atoms with Gasteiger partial charge in [-0.05, 0) is 55.5 Å². The van der Waals surface area contributed by atoms with Crippen molar-refractivity contribution >= 4 is 5.69 Å². The summed E-state index contributed by atoms with van der Waals surface area (Å²) in [5.41, 5.74) is 8.29. The van der Waals surface area contributed by atoms with Crippen LogP contribution in [0.5, 0.6) is 5.75 Å². The van der Waals surface area contributed by atoms with Crippen molar-refractivity contribution in [3.63, 3.8) is 0 Å². The number of ether oxygens (including phenoxy) is 1. The van der Waals surface area contributed by atoms with Crippen LogP contribution in [0.3, 0.4) is 0 Å². The quantitative estimate of drug-likeness (QED) is 0.746. The van der Waals surface area contributed by atoms with E-state index in [1.54, 1.807) is 4.57 Å². The zero-order chi connectivity index (χ0) is 14.7. The van der Waals surface area contributed by atoms with Crippen molar-refractivity contribution in [2.45, 2.75) is 6.92 Å². The molecule has 3 rings (SSSR count). The highest BCUT2D eigenvalue weighted by Crippen LogP contribution is 2.22. The van der Waals surface area contributed by atoms with Crippen LogP contribution in [0.2, 0.25) is 0 Å². The summed E-state index contributed by atoms with van der Waals surface area (Å²) in [6.45, 7) is 2.61. The van der Waals surface area contributed by atoms with Crippen molar-refractivity contribution in [1.82, 2.24) is 14.8 Å². The van der Waals surface area contributed by atoms with E-state index in [4.69, 9.17) is 10.5 Å². The molecular weight excluding hydrogens is 264 g/mol. The van der Waals surface area contributed by atoms with E-state index in [1.807, 2.05) is 55.5 Å². The Bertz CT molecular complexity index is 717. The van der Waals surface area contributed by atoms with Gasteiger partial charge >= 0.3 is 0 Å². The summed E-state index contributed by atoms with van der Waals surface area (Å²) in [7, 11) is 0. The largest absolute Gasteiger partial charge is 0.494 e. The fourth-order valence-corrected chi connectivity index (χ4v) is 2.06. The van der Waals surface area contributed by atoms with Gasteiger partial charge in [-0.1, -0.05) is 0 Å². The first-order valence-corrected chi connectivity index (χ1v) is 6.70.